The second-order valence-electron chi connectivity index (χ2n) is 4.09. The molecule has 16 heavy (non-hydrogen) atoms. The molecule has 1 heterocycles. The highest BCUT2D eigenvalue weighted by molar-refractivity contribution is 6.08. The minimum absolute atomic E-state index is 0.0947. The van der Waals surface area contributed by atoms with Crippen molar-refractivity contribution in [2.24, 2.45) is 7.05 Å². The minimum atomic E-state index is 0.0947. The molecule has 2 heteroatoms. The van der Waals surface area contributed by atoms with Gasteiger partial charge in [0.15, 0.2) is 0 Å². The number of aliphatic hydroxyl groups excluding tert-OH is 1. The van der Waals surface area contributed by atoms with Crippen molar-refractivity contribution in [1.29, 1.82) is 0 Å². The van der Waals surface area contributed by atoms with E-state index in [2.05, 4.69) is 41.9 Å². The predicted octanol–water partition coefficient (Wildman–Crippen LogP) is 2.82. The number of hydrogen-bond donors (Lipinski definition) is 1. The van der Waals surface area contributed by atoms with Crippen LogP contribution in [0.5, 0.6) is 0 Å². The fraction of sp³-hybridized carbons (Fsp3) is 0.143. The fourth-order valence-corrected chi connectivity index (χ4v) is 2.30. The van der Waals surface area contributed by atoms with Crippen LogP contribution in [0.3, 0.4) is 0 Å². The highest BCUT2D eigenvalue weighted by Gasteiger charge is 2.07. The van der Waals surface area contributed by atoms with Gasteiger partial charge in [0.1, 0.15) is 0 Å². The Morgan fingerprint density at radius 1 is 1.00 bits per heavy atom. The normalized spacial score (nSPS) is 11.4. The van der Waals surface area contributed by atoms with E-state index in [0.29, 0.717) is 0 Å². The molecule has 3 rings (SSSR count). The van der Waals surface area contributed by atoms with Crippen LogP contribution in [0.4, 0.5) is 0 Å². The molecule has 0 aliphatic carbocycles. The van der Waals surface area contributed by atoms with Crippen LogP contribution in [-0.4, -0.2) is 9.67 Å². The van der Waals surface area contributed by atoms with Gasteiger partial charge in [0.2, 0.25) is 0 Å². The molecule has 2 nitrogen and oxygen atoms in total. The van der Waals surface area contributed by atoms with Crippen molar-refractivity contribution in [3.05, 3.63) is 48.0 Å². The first kappa shape index (κ1) is 9.43. The number of rotatable bonds is 1. The summed E-state index contributed by atoms with van der Waals surface area (Å²) in [6, 6.07) is 14.5. The molecule has 0 saturated heterocycles. The molecule has 1 aromatic heterocycles. The van der Waals surface area contributed by atoms with Crippen molar-refractivity contribution in [3.63, 3.8) is 0 Å². The summed E-state index contributed by atoms with van der Waals surface area (Å²) in [4.78, 5) is 0. The van der Waals surface area contributed by atoms with Crippen molar-refractivity contribution >= 4 is 21.8 Å². The predicted molar refractivity (Wildman–Crippen MR) is 66.3 cm³/mol. The zero-order chi connectivity index (χ0) is 11.1. The van der Waals surface area contributed by atoms with E-state index < -0.39 is 0 Å². The van der Waals surface area contributed by atoms with Gasteiger partial charge in [-0.25, -0.2) is 0 Å². The summed E-state index contributed by atoms with van der Waals surface area (Å²) in [6.45, 7) is 0.0947. The summed E-state index contributed by atoms with van der Waals surface area (Å²) in [7, 11) is 2.06. The van der Waals surface area contributed by atoms with Crippen LogP contribution in [0, 0.1) is 0 Å². The van der Waals surface area contributed by atoms with E-state index in [1.54, 1.807) is 0 Å². The van der Waals surface area contributed by atoms with Gasteiger partial charge in [-0.15, -0.1) is 0 Å². The molecule has 3 aromatic rings. The third-order valence-corrected chi connectivity index (χ3v) is 3.16. The van der Waals surface area contributed by atoms with Crippen LogP contribution >= 0.6 is 0 Å². The number of para-hydroxylation sites is 1. The molecule has 0 spiro atoms. The quantitative estimate of drug-likeness (QED) is 0.658. The maximum Gasteiger partial charge on any atom is 0.0682 e. The second kappa shape index (κ2) is 3.35. The van der Waals surface area contributed by atoms with E-state index in [-0.39, 0.29) is 6.61 Å². The topological polar surface area (TPSA) is 25.2 Å². The number of fused-ring (bicyclic) bond motifs is 3. The van der Waals surface area contributed by atoms with Crippen molar-refractivity contribution < 1.29 is 5.11 Å². The lowest BCUT2D eigenvalue weighted by molar-refractivity contribution is 0.282. The van der Waals surface area contributed by atoms with Crippen LogP contribution in [0.2, 0.25) is 0 Å². The lowest BCUT2D eigenvalue weighted by Gasteiger charge is -1.99. The second-order valence-corrected chi connectivity index (χ2v) is 4.09. The molecule has 0 saturated carbocycles. The summed E-state index contributed by atoms with van der Waals surface area (Å²) in [5, 5.41) is 11.7. The van der Waals surface area contributed by atoms with Crippen LogP contribution in [0.1, 0.15) is 5.56 Å². The molecule has 0 aliphatic heterocycles. The van der Waals surface area contributed by atoms with E-state index >= 15 is 0 Å². The van der Waals surface area contributed by atoms with Gasteiger partial charge in [0.25, 0.3) is 0 Å². The average Bonchev–Trinajstić information content (AvgIpc) is 2.64. The molecule has 0 atom stereocenters. The first-order chi connectivity index (χ1) is 7.81. The first-order valence-corrected chi connectivity index (χ1v) is 5.38. The lowest BCUT2D eigenvalue weighted by Crippen LogP contribution is -1.88. The van der Waals surface area contributed by atoms with E-state index in [4.69, 9.17) is 5.11 Å². The van der Waals surface area contributed by atoms with Gasteiger partial charge in [-0.05, 0) is 17.7 Å². The zero-order valence-electron chi connectivity index (χ0n) is 9.14. The number of benzene rings is 2. The molecule has 0 amide bonds. The summed E-state index contributed by atoms with van der Waals surface area (Å²) in [6.07, 6.45) is 0. The molecule has 80 valence electrons. The smallest absolute Gasteiger partial charge is 0.0682 e. The number of aromatic nitrogens is 1. The molecule has 0 unspecified atom stereocenters. The number of aryl methyl sites for hydroxylation is 1. The summed E-state index contributed by atoms with van der Waals surface area (Å²) < 4.78 is 2.17. The Morgan fingerprint density at radius 2 is 1.75 bits per heavy atom. The van der Waals surface area contributed by atoms with Crippen molar-refractivity contribution in [3.8, 4) is 0 Å². The summed E-state index contributed by atoms with van der Waals surface area (Å²) in [5.41, 5.74) is 3.36. The summed E-state index contributed by atoms with van der Waals surface area (Å²) in [5.74, 6) is 0. The Labute approximate surface area is 93.7 Å². The molecule has 0 fully saturated rings. The maximum atomic E-state index is 9.15. The molecular formula is C14H13NO. The molecule has 0 aliphatic rings. The highest BCUT2D eigenvalue weighted by Crippen LogP contribution is 2.28. The van der Waals surface area contributed by atoms with E-state index in [0.717, 1.165) is 5.56 Å². The lowest BCUT2D eigenvalue weighted by atomic mass is 10.1. The minimum Gasteiger partial charge on any atom is -0.392 e. The zero-order valence-corrected chi connectivity index (χ0v) is 9.14. The molecule has 0 bridgehead atoms. The van der Waals surface area contributed by atoms with E-state index in [9.17, 15) is 0 Å². The van der Waals surface area contributed by atoms with E-state index in [1.165, 1.54) is 21.8 Å². The Morgan fingerprint density at radius 3 is 2.56 bits per heavy atom. The Hall–Kier alpha value is -1.80. The third kappa shape index (κ3) is 1.17. The largest absolute Gasteiger partial charge is 0.392 e. The van der Waals surface area contributed by atoms with E-state index in [1.807, 2.05) is 12.1 Å². The average molecular weight is 211 g/mol. The fourth-order valence-electron chi connectivity index (χ4n) is 2.30. The molecular weight excluding hydrogens is 198 g/mol. The first-order valence-electron chi connectivity index (χ1n) is 5.38. The molecule has 2 aromatic carbocycles. The van der Waals surface area contributed by atoms with Crippen LogP contribution in [0.25, 0.3) is 21.8 Å². The molecule has 1 N–H and O–H groups in total. The summed E-state index contributed by atoms with van der Waals surface area (Å²) >= 11 is 0. The Bertz CT molecular complexity index is 667. The van der Waals surface area contributed by atoms with Crippen molar-refractivity contribution in [1.82, 2.24) is 4.57 Å². The molecule has 0 radical (unpaired) electrons. The number of nitrogens with zero attached hydrogens (tertiary/aromatic N) is 1. The monoisotopic (exact) mass is 211 g/mol. The Kier molecular flexibility index (Phi) is 1.98. The van der Waals surface area contributed by atoms with Crippen molar-refractivity contribution in [2.45, 2.75) is 6.61 Å². The van der Waals surface area contributed by atoms with Crippen molar-refractivity contribution in [2.75, 3.05) is 0 Å². The van der Waals surface area contributed by atoms with Gasteiger partial charge >= 0.3 is 0 Å². The number of hydrogen-bond acceptors (Lipinski definition) is 1. The highest BCUT2D eigenvalue weighted by atomic mass is 16.3. The van der Waals surface area contributed by atoms with Gasteiger partial charge in [-0.3, -0.25) is 0 Å². The SMILES string of the molecule is Cn1c2ccccc2c2ccc(CO)cc21. The van der Waals surface area contributed by atoms with Gasteiger partial charge in [0, 0.05) is 28.9 Å². The standard InChI is InChI=1S/C14H13NO/c1-15-13-5-3-2-4-11(13)12-7-6-10(9-16)8-14(12)15/h2-8,16H,9H2,1H3. The van der Waals surface area contributed by atoms with Gasteiger partial charge in [-0.2, -0.15) is 0 Å². The van der Waals surface area contributed by atoms with Gasteiger partial charge in [-0.1, -0.05) is 30.3 Å². The maximum absolute atomic E-state index is 9.15. The van der Waals surface area contributed by atoms with Crippen LogP contribution < -0.4 is 0 Å². The Balaban J connectivity index is 2.51. The van der Waals surface area contributed by atoms with Gasteiger partial charge < -0.3 is 9.67 Å². The van der Waals surface area contributed by atoms with Gasteiger partial charge in [0.05, 0.1) is 6.61 Å². The third-order valence-electron chi connectivity index (χ3n) is 3.16. The van der Waals surface area contributed by atoms with Crippen LogP contribution in [-0.2, 0) is 13.7 Å². The number of aliphatic hydroxyl groups is 1. The van der Waals surface area contributed by atoms with Crippen LogP contribution in [0.15, 0.2) is 42.5 Å².